The van der Waals surface area contributed by atoms with Gasteiger partial charge in [-0.1, -0.05) is 5.92 Å². The van der Waals surface area contributed by atoms with Gasteiger partial charge in [0.2, 0.25) is 11.6 Å². The number of fused-ring (bicyclic) bond motifs is 1. The van der Waals surface area contributed by atoms with Crippen molar-refractivity contribution < 1.29 is 19.3 Å². The highest BCUT2D eigenvalue weighted by molar-refractivity contribution is 5.75. The van der Waals surface area contributed by atoms with Crippen LogP contribution >= 0.6 is 0 Å². The first-order valence-corrected chi connectivity index (χ1v) is 8.08. The summed E-state index contributed by atoms with van der Waals surface area (Å²) in [5, 5.41) is 19.4. The van der Waals surface area contributed by atoms with E-state index in [-0.39, 0.29) is 11.6 Å². The van der Waals surface area contributed by atoms with Gasteiger partial charge in [0, 0.05) is 0 Å². The third kappa shape index (κ3) is 2.45. The highest BCUT2D eigenvalue weighted by Crippen LogP contribution is 2.42. The molecule has 2 fully saturated rings. The van der Waals surface area contributed by atoms with Crippen molar-refractivity contribution in [3.8, 4) is 12.3 Å². The number of hydrogen-bond donors (Lipinski definition) is 3. The minimum absolute atomic E-state index is 0.0484. The van der Waals surface area contributed by atoms with Gasteiger partial charge in [-0.05, 0) is 25.2 Å². The summed E-state index contributed by atoms with van der Waals surface area (Å²) < 4.78 is 22.0. The number of halogens is 1. The topological polar surface area (TPSA) is 119 Å². The van der Waals surface area contributed by atoms with Crippen molar-refractivity contribution in [2.75, 3.05) is 12.3 Å². The normalized spacial score (nSPS) is 32.2. The van der Waals surface area contributed by atoms with Crippen LogP contribution in [0.3, 0.4) is 0 Å². The van der Waals surface area contributed by atoms with Gasteiger partial charge in [0.05, 0.1) is 18.6 Å². The highest BCUT2D eigenvalue weighted by atomic mass is 19.1. The zero-order valence-corrected chi connectivity index (χ0v) is 13.3. The Balaban J connectivity index is 1.81. The van der Waals surface area contributed by atoms with Crippen molar-refractivity contribution in [3.05, 3.63) is 12.0 Å². The average Bonchev–Trinajstić information content (AvgIpc) is 3.26. The van der Waals surface area contributed by atoms with Crippen molar-refractivity contribution in [2.45, 2.75) is 43.4 Å². The monoisotopic (exact) mass is 347 g/mol. The molecule has 1 saturated carbocycles. The summed E-state index contributed by atoms with van der Waals surface area (Å²) in [6.45, 7) is -0.568. The molecule has 0 aromatic carbocycles. The van der Waals surface area contributed by atoms with Crippen LogP contribution in [0, 0.1) is 18.3 Å². The number of terminal acetylenes is 1. The first-order valence-electron chi connectivity index (χ1n) is 8.08. The number of alkyl halides is 1. The summed E-state index contributed by atoms with van der Waals surface area (Å²) in [6, 6.07) is 0. The van der Waals surface area contributed by atoms with E-state index < -0.39 is 30.7 Å². The second kappa shape index (κ2) is 5.62. The molecule has 1 aliphatic carbocycles. The van der Waals surface area contributed by atoms with Crippen LogP contribution in [0.1, 0.15) is 24.8 Å². The Morgan fingerprint density at radius 3 is 2.88 bits per heavy atom. The zero-order chi connectivity index (χ0) is 17.8. The molecule has 25 heavy (non-hydrogen) atoms. The summed E-state index contributed by atoms with van der Waals surface area (Å²) in [5.41, 5.74) is 4.76. The molecule has 9 heteroatoms. The van der Waals surface area contributed by atoms with E-state index in [1.54, 1.807) is 0 Å². The standard InChI is InChI=1S/C16H18FN5O3/c1-2-16(17)12(24)10(6-23)25-14(16)22-7-19-11-9(5-8-3-4-8)20-15(18)21-13(11)22/h1,7-8,10,12,14,23-24H,3-6H2,(H2,18,20,21)/t10-,12-,14-,16-/m1/s1. The SMILES string of the molecule is C#C[C@@]1(F)[C@H](O)[C@@H](CO)O[C@H]1n1cnc2c(CC3CC3)nc(N)nc21. The number of hydrogen-bond acceptors (Lipinski definition) is 7. The van der Waals surface area contributed by atoms with Crippen molar-refractivity contribution >= 4 is 17.1 Å². The van der Waals surface area contributed by atoms with Gasteiger partial charge in [0.15, 0.2) is 11.9 Å². The Bertz CT molecular complexity index is 861. The molecular formula is C16H18FN5O3. The molecule has 0 spiro atoms. The lowest BCUT2D eigenvalue weighted by Gasteiger charge is -2.23. The number of ether oxygens (including phenoxy) is 1. The fourth-order valence-electron chi connectivity index (χ4n) is 3.23. The second-order valence-electron chi connectivity index (χ2n) is 6.57. The van der Waals surface area contributed by atoms with E-state index in [0.717, 1.165) is 19.3 Å². The van der Waals surface area contributed by atoms with Crippen molar-refractivity contribution in [2.24, 2.45) is 5.92 Å². The Labute approximate surface area is 142 Å². The van der Waals surface area contributed by atoms with Gasteiger partial charge in [0.1, 0.15) is 17.7 Å². The first-order chi connectivity index (χ1) is 12.0. The van der Waals surface area contributed by atoms with Crippen LogP contribution < -0.4 is 5.73 Å². The van der Waals surface area contributed by atoms with Crippen molar-refractivity contribution in [1.29, 1.82) is 0 Å². The maximum atomic E-state index is 15.2. The second-order valence-corrected chi connectivity index (χ2v) is 6.57. The molecule has 0 unspecified atom stereocenters. The zero-order valence-electron chi connectivity index (χ0n) is 13.3. The van der Waals surface area contributed by atoms with Gasteiger partial charge in [-0.25, -0.2) is 14.4 Å². The summed E-state index contributed by atoms with van der Waals surface area (Å²) in [4.78, 5) is 12.7. The van der Waals surface area contributed by atoms with E-state index in [1.807, 2.05) is 5.92 Å². The third-order valence-corrected chi connectivity index (χ3v) is 4.79. The van der Waals surface area contributed by atoms with E-state index in [9.17, 15) is 10.2 Å². The summed E-state index contributed by atoms with van der Waals surface area (Å²) >= 11 is 0. The van der Waals surface area contributed by atoms with Crippen LogP contribution in [0.15, 0.2) is 6.33 Å². The molecule has 1 saturated heterocycles. The summed E-state index contributed by atoms with van der Waals surface area (Å²) in [6.07, 6.45) is 5.45. The molecule has 3 heterocycles. The molecule has 132 valence electrons. The largest absolute Gasteiger partial charge is 0.394 e. The van der Waals surface area contributed by atoms with E-state index >= 15 is 4.39 Å². The number of rotatable bonds is 4. The van der Waals surface area contributed by atoms with Crippen LogP contribution in [0.5, 0.6) is 0 Å². The molecule has 4 atom stereocenters. The number of aromatic nitrogens is 4. The van der Waals surface area contributed by atoms with E-state index in [0.29, 0.717) is 17.1 Å². The predicted octanol–water partition coefficient (Wildman–Crippen LogP) is -0.0469. The van der Waals surface area contributed by atoms with Crippen LogP contribution in [0.4, 0.5) is 10.3 Å². The molecule has 8 nitrogen and oxygen atoms in total. The molecule has 2 aliphatic rings. The maximum Gasteiger partial charge on any atom is 0.243 e. The first kappa shape index (κ1) is 16.2. The molecule has 0 radical (unpaired) electrons. The number of aliphatic hydroxyl groups is 2. The fourth-order valence-corrected chi connectivity index (χ4v) is 3.23. The Kier molecular flexibility index (Phi) is 3.64. The van der Waals surface area contributed by atoms with E-state index in [2.05, 4.69) is 15.0 Å². The van der Waals surface area contributed by atoms with E-state index in [4.69, 9.17) is 16.9 Å². The van der Waals surface area contributed by atoms with Gasteiger partial charge in [0.25, 0.3) is 0 Å². The lowest BCUT2D eigenvalue weighted by Crippen LogP contribution is -2.42. The van der Waals surface area contributed by atoms with Gasteiger partial charge in [-0.2, -0.15) is 4.98 Å². The van der Waals surface area contributed by atoms with Gasteiger partial charge in [-0.3, -0.25) is 4.57 Å². The summed E-state index contributed by atoms with van der Waals surface area (Å²) in [5.74, 6) is 2.55. The number of nitrogens with zero attached hydrogens (tertiary/aromatic N) is 4. The Morgan fingerprint density at radius 1 is 1.48 bits per heavy atom. The molecule has 2 aromatic rings. The Hall–Kier alpha value is -2.28. The van der Waals surface area contributed by atoms with Gasteiger partial charge >= 0.3 is 0 Å². The number of nitrogen functional groups attached to an aromatic ring is 1. The third-order valence-electron chi connectivity index (χ3n) is 4.79. The Morgan fingerprint density at radius 2 is 2.24 bits per heavy atom. The van der Waals surface area contributed by atoms with Crippen LogP contribution in [-0.2, 0) is 11.2 Å². The smallest absolute Gasteiger partial charge is 0.243 e. The quantitative estimate of drug-likeness (QED) is 0.664. The molecule has 4 rings (SSSR count). The predicted molar refractivity (Wildman–Crippen MR) is 85.8 cm³/mol. The fraction of sp³-hybridized carbons (Fsp3) is 0.562. The average molecular weight is 347 g/mol. The lowest BCUT2D eigenvalue weighted by molar-refractivity contribution is -0.0504. The van der Waals surface area contributed by atoms with Crippen molar-refractivity contribution in [1.82, 2.24) is 19.5 Å². The minimum atomic E-state index is -2.53. The van der Waals surface area contributed by atoms with Crippen LogP contribution in [0.25, 0.3) is 11.2 Å². The maximum absolute atomic E-state index is 15.2. The molecule has 0 amide bonds. The van der Waals surface area contributed by atoms with Gasteiger partial charge < -0.3 is 20.7 Å². The number of nitrogens with two attached hydrogens (primary N) is 1. The number of anilines is 1. The van der Waals surface area contributed by atoms with Gasteiger partial charge in [-0.15, -0.1) is 6.42 Å². The molecule has 4 N–H and O–H groups in total. The number of imidazole rings is 1. The minimum Gasteiger partial charge on any atom is -0.394 e. The van der Waals surface area contributed by atoms with Crippen LogP contribution in [0.2, 0.25) is 0 Å². The lowest BCUT2D eigenvalue weighted by atomic mass is 9.97. The highest BCUT2D eigenvalue weighted by Gasteiger charge is 2.57. The molecule has 0 bridgehead atoms. The van der Waals surface area contributed by atoms with E-state index in [1.165, 1.54) is 10.9 Å². The molecular weight excluding hydrogens is 329 g/mol. The van der Waals surface area contributed by atoms with Crippen LogP contribution in [-0.4, -0.2) is 54.2 Å². The molecule has 2 aromatic heterocycles. The summed E-state index contributed by atoms with van der Waals surface area (Å²) in [7, 11) is 0. The van der Waals surface area contributed by atoms with Crippen molar-refractivity contribution in [3.63, 3.8) is 0 Å². The number of aliphatic hydroxyl groups excluding tert-OH is 2. The molecule has 1 aliphatic heterocycles.